The van der Waals surface area contributed by atoms with E-state index in [4.69, 9.17) is 16.3 Å². The van der Waals surface area contributed by atoms with E-state index in [-0.39, 0.29) is 12.0 Å². The van der Waals surface area contributed by atoms with E-state index in [0.29, 0.717) is 29.8 Å². The molecule has 0 saturated heterocycles. The summed E-state index contributed by atoms with van der Waals surface area (Å²) in [6.45, 7) is 5.23. The highest BCUT2D eigenvalue weighted by Gasteiger charge is 2.24. The molecule has 0 unspecified atom stereocenters. The van der Waals surface area contributed by atoms with Crippen molar-refractivity contribution in [2.75, 3.05) is 5.32 Å². The van der Waals surface area contributed by atoms with Gasteiger partial charge in [0.25, 0.3) is 5.91 Å². The van der Waals surface area contributed by atoms with E-state index in [1.54, 1.807) is 6.07 Å². The Labute approximate surface area is 169 Å². The Bertz CT molecular complexity index is 995. The second-order valence-corrected chi connectivity index (χ2v) is 7.72. The molecule has 1 aliphatic rings. The maximum Gasteiger partial charge on any atom is 0.276 e. The molecule has 0 fully saturated rings. The lowest BCUT2D eigenvalue weighted by atomic mass is 10.0. The molecule has 1 N–H and O–H groups in total. The van der Waals surface area contributed by atoms with E-state index in [1.807, 2.05) is 47.1 Å². The molecule has 28 heavy (non-hydrogen) atoms. The highest BCUT2D eigenvalue weighted by atomic mass is 35.5. The molecular formula is C22H22ClN3O2. The fourth-order valence-corrected chi connectivity index (χ4v) is 3.41. The molecule has 1 amide bonds. The predicted molar refractivity (Wildman–Crippen MR) is 110 cm³/mol. The Balaban J connectivity index is 1.48. The Hall–Kier alpha value is -2.63. The number of hydrogen-bond acceptors (Lipinski definition) is 3. The van der Waals surface area contributed by atoms with Crippen molar-refractivity contribution < 1.29 is 9.53 Å². The highest BCUT2D eigenvalue weighted by molar-refractivity contribution is 6.30. The van der Waals surface area contributed by atoms with Gasteiger partial charge in [-0.05, 0) is 47.4 Å². The zero-order chi connectivity index (χ0) is 19.7. The number of benzene rings is 2. The van der Waals surface area contributed by atoms with Crippen LogP contribution in [0.4, 0.5) is 5.69 Å². The van der Waals surface area contributed by atoms with Crippen LogP contribution >= 0.6 is 11.6 Å². The van der Waals surface area contributed by atoms with Crippen molar-refractivity contribution in [3.8, 4) is 0 Å². The summed E-state index contributed by atoms with van der Waals surface area (Å²) in [4.78, 5) is 12.7. The standard InChI is InChI=1S/C22H22ClN3O2/c1-14(2)16-4-3-5-18(10-16)24-22(27)20-11-19-13-28-21(12-26(19)25-20)15-6-8-17(23)9-7-15/h3-11,14,21H,12-13H2,1-2H3,(H,24,27)/t21-/m0/s1. The van der Waals surface area contributed by atoms with E-state index in [1.165, 1.54) is 5.56 Å². The molecule has 0 saturated carbocycles. The second-order valence-electron chi connectivity index (χ2n) is 7.29. The molecule has 0 radical (unpaired) electrons. The minimum absolute atomic E-state index is 0.108. The number of carbonyl (C=O) groups is 1. The average molecular weight is 396 g/mol. The van der Waals surface area contributed by atoms with Gasteiger partial charge in [0, 0.05) is 10.7 Å². The van der Waals surface area contributed by atoms with Crippen LogP contribution in [0.5, 0.6) is 0 Å². The van der Waals surface area contributed by atoms with E-state index >= 15 is 0 Å². The van der Waals surface area contributed by atoms with E-state index in [0.717, 1.165) is 16.9 Å². The van der Waals surface area contributed by atoms with Crippen LogP contribution in [0.3, 0.4) is 0 Å². The van der Waals surface area contributed by atoms with Crippen LogP contribution in [-0.2, 0) is 17.9 Å². The summed E-state index contributed by atoms with van der Waals surface area (Å²) in [7, 11) is 0. The van der Waals surface area contributed by atoms with Gasteiger partial charge in [-0.25, -0.2) is 0 Å². The minimum Gasteiger partial charge on any atom is -0.365 e. The second kappa shape index (κ2) is 7.78. The average Bonchev–Trinajstić information content (AvgIpc) is 3.12. The monoisotopic (exact) mass is 395 g/mol. The number of halogens is 1. The lowest BCUT2D eigenvalue weighted by molar-refractivity contribution is -0.00118. The molecule has 3 aromatic rings. The van der Waals surface area contributed by atoms with E-state index in [2.05, 4.69) is 30.3 Å². The van der Waals surface area contributed by atoms with Crippen molar-refractivity contribution >= 4 is 23.2 Å². The van der Waals surface area contributed by atoms with Crippen LogP contribution in [0.2, 0.25) is 5.02 Å². The Morgan fingerprint density at radius 3 is 2.75 bits per heavy atom. The van der Waals surface area contributed by atoms with Gasteiger partial charge >= 0.3 is 0 Å². The maximum atomic E-state index is 12.7. The lowest BCUT2D eigenvalue weighted by Crippen LogP contribution is -2.22. The molecule has 5 nitrogen and oxygen atoms in total. The van der Waals surface area contributed by atoms with Crippen LogP contribution in [-0.4, -0.2) is 15.7 Å². The zero-order valence-electron chi connectivity index (χ0n) is 15.9. The summed E-state index contributed by atoms with van der Waals surface area (Å²) in [5.41, 5.74) is 4.29. The molecule has 2 aromatic carbocycles. The summed E-state index contributed by atoms with van der Waals surface area (Å²) in [6.07, 6.45) is -0.108. The van der Waals surface area contributed by atoms with Crippen molar-refractivity contribution in [1.82, 2.24) is 9.78 Å². The molecule has 1 atom stereocenters. The first-order valence-corrected chi connectivity index (χ1v) is 9.72. The molecule has 1 aliphatic heterocycles. The molecule has 1 aromatic heterocycles. The van der Waals surface area contributed by atoms with Crippen molar-refractivity contribution in [2.24, 2.45) is 0 Å². The number of amides is 1. The smallest absolute Gasteiger partial charge is 0.276 e. The molecule has 0 spiro atoms. The lowest BCUT2D eigenvalue weighted by Gasteiger charge is -2.24. The zero-order valence-corrected chi connectivity index (χ0v) is 16.6. The summed E-state index contributed by atoms with van der Waals surface area (Å²) in [5, 5.41) is 8.13. The number of fused-ring (bicyclic) bond motifs is 1. The summed E-state index contributed by atoms with van der Waals surface area (Å²) in [5.74, 6) is 0.185. The SMILES string of the molecule is CC(C)c1cccc(NC(=O)c2cc3n(n2)C[C@@H](c2ccc(Cl)cc2)OC3)c1. The number of aromatic nitrogens is 2. The van der Waals surface area contributed by atoms with Crippen molar-refractivity contribution in [2.45, 2.75) is 39.0 Å². The Morgan fingerprint density at radius 2 is 2.00 bits per heavy atom. The Morgan fingerprint density at radius 1 is 1.21 bits per heavy atom. The first-order chi connectivity index (χ1) is 13.5. The number of anilines is 1. The van der Waals surface area contributed by atoms with Crippen molar-refractivity contribution in [3.05, 3.63) is 82.1 Å². The number of carbonyl (C=O) groups excluding carboxylic acids is 1. The number of rotatable bonds is 4. The van der Waals surface area contributed by atoms with E-state index < -0.39 is 0 Å². The third-order valence-corrected chi connectivity index (χ3v) is 5.17. The van der Waals surface area contributed by atoms with Crippen LogP contribution in [0.15, 0.2) is 54.6 Å². The van der Waals surface area contributed by atoms with Gasteiger partial charge in [0.1, 0.15) is 6.10 Å². The van der Waals surface area contributed by atoms with Gasteiger partial charge in [-0.2, -0.15) is 5.10 Å². The Kier molecular flexibility index (Phi) is 5.20. The van der Waals surface area contributed by atoms with E-state index in [9.17, 15) is 4.79 Å². The quantitative estimate of drug-likeness (QED) is 0.661. The van der Waals surface area contributed by atoms with Gasteiger partial charge in [-0.15, -0.1) is 0 Å². The topological polar surface area (TPSA) is 56.2 Å². The maximum absolute atomic E-state index is 12.7. The van der Waals surface area contributed by atoms with Crippen LogP contribution in [0.1, 0.15) is 53.2 Å². The van der Waals surface area contributed by atoms with Gasteiger partial charge in [0.2, 0.25) is 0 Å². The minimum atomic E-state index is -0.217. The normalized spacial score (nSPS) is 16.1. The predicted octanol–water partition coefficient (Wildman–Crippen LogP) is 5.18. The van der Waals surface area contributed by atoms with Gasteiger partial charge in [0.15, 0.2) is 5.69 Å². The highest BCUT2D eigenvalue weighted by Crippen LogP contribution is 2.27. The number of nitrogens with zero attached hydrogens (tertiary/aromatic N) is 2. The van der Waals surface area contributed by atoms with Gasteiger partial charge < -0.3 is 10.1 Å². The van der Waals surface area contributed by atoms with Crippen LogP contribution in [0, 0.1) is 0 Å². The molecule has 2 heterocycles. The van der Waals surface area contributed by atoms with Crippen molar-refractivity contribution in [3.63, 3.8) is 0 Å². The van der Waals surface area contributed by atoms with Gasteiger partial charge in [-0.3, -0.25) is 9.48 Å². The number of nitrogens with one attached hydrogen (secondary N) is 1. The first kappa shape index (κ1) is 18.7. The molecule has 0 aliphatic carbocycles. The molecular weight excluding hydrogens is 374 g/mol. The molecule has 0 bridgehead atoms. The van der Waals surface area contributed by atoms with Gasteiger partial charge in [0.05, 0.1) is 18.8 Å². The fourth-order valence-electron chi connectivity index (χ4n) is 3.29. The molecule has 144 valence electrons. The van der Waals surface area contributed by atoms with Crippen molar-refractivity contribution in [1.29, 1.82) is 0 Å². The third kappa shape index (κ3) is 3.96. The number of ether oxygens (including phenoxy) is 1. The number of hydrogen-bond donors (Lipinski definition) is 1. The summed E-state index contributed by atoms with van der Waals surface area (Å²) in [6, 6.07) is 17.3. The van der Waals surface area contributed by atoms with Crippen LogP contribution < -0.4 is 5.32 Å². The summed E-state index contributed by atoms with van der Waals surface area (Å²) < 4.78 is 7.80. The third-order valence-electron chi connectivity index (χ3n) is 4.92. The molecule has 4 rings (SSSR count). The van der Waals surface area contributed by atoms with Crippen LogP contribution in [0.25, 0.3) is 0 Å². The molecule has 6 heteroatoms. The first-order valence-electron chi connectivity index (χ1n) is 9.34. The largest absolute Gasteiger partial charge is 0.365 e. The van der Waals surface area contributed by atoms with Gasteiger partial charge in [-0.1, -0.05) is 49.7 Å². The fraction of sp³-hybridized carbons (Fsp3) is 0.273. The summed E-state index contributed by atoms with van der Waals surface area (Å²) >= 11 is 5.96.